The molecule has 0 N–H and O–H groups in total. The van der Waals surface area contributed by atoms with Crippen LogP contribution in [0.15, 0.2) is 24.3 Å². The van der Waals surface area contributed by atoms with Gasteiger partial charge in [0.05, 0.1) is 12.7 Å². The Bertz CT molecular complexity index is 787. The van der Waals surface area contributed by atoms with Crippen molar-refractivity contribution >= 4 is 15.9 Å². The minimum absolute atomic E-state index is 0.0885. The number of aryl methyl sites for hydroxylation is 1. The Balaban J connectivity index is 1.58. The Labute approximate surface area is 163 Å². The second-order valence-corrected chi connectivity index (χ2v) is 9.94. The molecule has 2 fully saturated rings. The van der Waals surface area contributed by atoms with E-state index in [1.807, 2.05) is 30.0 Å². The van der Waals surface area contributed by atoms with Gasteiger partial charge in [-0.15, -0.1) is 0 Å². The predicted molar refractivity (Wildman–Crippen MR) is 107 cm³/mol. The van der Waals surface area contributed by atoms with E-state index in [0.717, 1.165) is 31.5 Å². The van der Waals surface area contributed by atoms with Gasteiger partial charge in [0.25, 0.3) is 0 Å². The maximum Gasteiger partial charge on any atom is 0.227 e. The van der Waals surface area contributed by atoms with Crippen LogP contribution in [0, 0.1) is 6.92 Å². The smallest absolute Gasteiger partial charge is 0.227 e. The summed E-state index contributed by atoms with van der Waals surface area (Å²) in [5, 5.41) is 0. The molecular weight excluding hydrogens is 362 g/mol. The maximum absolute atomic E-state index is 12.7. The molecule has 1 aromatic carbocycles. The van der Waals surface area contributed by atoms with Gasteiger partial charge in [0.1, 0.15) is 0 Å². The molecule has 0 bridgehead atoms. The molecule has 2 aliphatic rings. The minimum Gasteiger partial charge on any atom is -0.340 e. The van der Waals surface area contributed by atoms with Gasteiger partial charge in [-0.25, -0.2) is 12.7 Å². The largest absolute Gasteiger partial charge is 0.340 e. The van der Waals surface area contributed by atoms with Crippen LogP contribution in [-0.2, 0) is 21.2 Å². The first-order chi connectivity index (χ1) is 12.7. The monoisotopic (exact) mass is 393 g/mol. The van der Waals surface area contributed by atoms with E-state index in [2.05, 4.69) is 17.9 Å². The van der Waals surface area contributed by atoms with Gasteiger partial charge in [0.2, 0.25) is 15.9 Å². The fourth-order valence-corrected chi connectivity index (χ4v) is 5.31. The van der Waals surface area contributed by atoms with Crippen LogP contribution in [0.2, 0.25) is 0 Å². The molecule has 1 unspecified atom stereocenters. The zero-order valence-electron chi connectivity index (χ0n) is 16.6. The molecule has 6 nitrogen and oxygen atoms in total. The number of hydrogen-bond donors (Lipinski definition) is 0. The summed E-state index contributed by atoms with van der Waals surface area (Å²) in [6.45, 7) is 8.39. The van der Waals surface area contributed by atoms with E-state index in [4.69, 9.17) is 0 Å². The SMILES string of the molecule is CCC1(N2CCN(C(=O)Cc3cccc(C)c3)CC2)CCN(S(C)(=O)=O)C1. The highest BCUT2D eigenvalue weighted by Crippen LogP contribution is 2.33. The van der Waals surface area contributed by atoms with Crippen molar-refractivity contribution in [1.29, 1.82) is 0 Å². The van der Waals surface area contributed by atoms with Crippen LogP contribution < -0.4 is 0 Å². The molecule has 0 aromatic heterocycles. The standard InChI is InChI=1S/C20H31N3O3S/c1-4-20(8-9-23(16-20)27(3,25)26)22-12-10-21(11-13-22)19(24)15-18-7-5-6-17(2)14-18/h5-7,14H,4,8-13,15-16H2,1-3H3. The van der Waals surface area contributed by atoms with Crippen LogP contribution in [0.3, 0.4) is 0 Å². The summed E-state index contributed by atoms with van der Waals surface area (Å²) >= 11 is 0. The second kappa shape index (κ2) is 7.89. The number of carbonyl (C=O) groups is 1. The number of piperazine rings is 1. The zero-order valence-corrected chi connectivity index (χ0v) is 17.5. The predicted octanol–water partition coefficient (Wildman–Crippen LogP) is 1.50. The molecule has 150 valence electrons. The van der Waals surface area contributed by atoms with Gasteiger partial charge in [0, 0.05) is 44.8 Å². The average molecular weight is 394 g/mol. The molecule has 0 aliphatic carbocycles. The number of amides is 1. The molecule has 2 saturated heterocycles. The summed E-state index contributed by atoms with van der Waals surface area (Å²) in [7, 11) is -3.14. The number of sulfonamides is 1. The van der Waals surface area contributed by atoms with Crippen molar-refractivity contribution < 1.29 is 13.2 Å². The molecule has 27 heavy (non-hydrogen) atoms. The number of rotatable bonds is 5. The molecule has 1 aromatic rings. The Morgan fingerprint density at radius 1 is 1.15 bits per heavy atom. The first-order valence-electron chi connectivity index (χ1n) is 9.77. The summed E-state index contributed by atoms with van der Waals surface area (Å²) in [6.07, 6.45) is 3.53. The Morgan fingerprint density at radius 3 is 2.41 bits per heavy atom. The zero-order chi connectivity index (χ0) is 19.7. The second-order valence-electron chi connectivity index (χ2n) is 7.96. The fourth-order valence-electron chi connectivity index (χ4n) is 4.41. The molecular formula is C20H31N3O3S. The van der Waals surface area contributed by atoms with E-state index in [1.54, 1.807) is 4.31 Å². The van der Waals surface area contributed by atoms with Crippen LogP contribution >= 0.6 is 0 Å². The summed E-state index contributed by atoms with van der Waals surface area (Å²) in [5.41, 5.74) is 2.15. The lowest BCUT2D eigenvalue weighted by Crippen LogP contribution is -2.59. The molecule has 7 heteroatoms. The molecule has 2 aliphatic heterocycles. The fraction of sp³-hybridized carbons (Fsp3) is 0.650. The van der Waals surface area contributed by atoms with Gasteiger partial charge in [-0.3, -0.25) is 9.69 Å². The molecule has 0 saturated carbocycles. The highest BCUT2D eigenvalue weighted by molar-refractivity contribution is 7.88. The van der Waals surface area contributed by atoms with E-state index in [0.29, 0.717) is 32.6 Å². The van der Waals surface area contributed by atoms with Crippen LogP contribution in [0.4, 0.5) is 0 Å². The first-order valence-corrected chi connectivity index (χ1v) is 11.6. The number of hydrogen-bond acceptors (Lipinski definition) is 4. The van der Waals surface area contributed by atoms with Crippen molar-refractivity contribution in [2.45, 2.75) is 38.6 Å². The molecule has 0 radical (unpaired) electrons. The van der Waals surface area contributed by atoms with E-state index in [1.165, 1.54) is 11.8 Å². The molecule has 1 amide bonds. The van der Waals surface area contributed by atoms with Crippen LogP contribution in [-0.4, -0.2) is 79.5 Å². The van der Waals surface area contributed by atoms with Crippen LogP contribution in [0.1, 0.15) is 30.9 Å². The highest BCUT2D eigenvalue weighted by Gasteiger charge is 2.45. The molecule has 0 spiro atoms. The normalized spacial score (nSPS) is 25.1. The third kappa shape index (κ3) is 4.52. The van der Waals surface area contributed by atoms with Crippen molar-refractivity contribution in [3.63, 3.8) is 0 Å². The summed E-state index contributed by atoms with van der Waals surface area (Å²) in [5.74, 6) is 0.176. The van der Waals surface area contributed by atoms with Crippen LogP contribution in [0.25, 0.3) is 0 Å². The van der Waals surface area contributed by atoms with Gasteiger partial charge in [0.15, 0.2) is 0 Å². The third-order valence-corrected chi connectivity index (χ3v) is 7.42. The summed E-state index contributed by atoms with van der Waals surface area (Å²) < 4.78 is 25.4. The first kappa shape index (κ1) is 20.3. The van der Waals surface area contributed by atoms with Gasteiger partial charge < -0.3 is 4.90 Å². The topological polar surface area (TPSA) is 60.9 Å². The number of carbonyl (C=O) groups excluding carboxylic acids is 1. The van der Waals surface area contributed by atoms with Gasteiger partial charge in [-0.1, -0.05) is 36.8 Å². The Morgan fingerprint density at radius 2 is 1.85 bits per heavy atom. The molecule has 3 rings (SSSR count). The van der Waals surface area contributed by atoms with Crippen molar-refractivity contribution in [3.8, 4) is 0 Å². The lowest BCUT2D eigenvalue weighted by Gasteiger charge is -2.45. The van der Waals surface area contributed by atoms with Gasteiger partial charge >= 0.3 is 0 Å². The maximum atomic E-state index is 12.7. The van der Waals surface area contributed by atoms with E-state index in [9.17, 15) is 13.2 Å². The van der Waals surface area contributed by atoms with Crippen LogP contribution in [0.5, 0.6) is 0 Å². The summed E-state index contributed by atoms with van der Waals surface area (Å²) in [6, 6.07) is 8.11. The van der Waals surface area contributed by atoms with Crippen molar-refractivity contribution in [1.82, 2.24) is 14.1 Å². The van der Waals surface area contributed by atoms with Gasteiger partial charge in [-0.2, -0.15) is 0 Å². The lowest BCUT2D eigenvalue weighted by atomic mass is 9.92. The van der Waals surface area contributed by atoms with Gasteiger partial charge in [-0.05, 0) is 25.3 Å². The number of nitrogens with zero attached hydrogens (tertiary/aromatic N) is 3. The van der Waals surface area contributed by atoms with Crippen molar-refractivity contribution in [3.05, 3.63) is 35.4 Å². The quantitative estimate of drug-likeness (QED) is 0.761. The average Bonchev–Trinajstić information content (AvgIpc) is 3.08. The minimum atomic E-state index is -3.14. The van der Waals surface area contributed by atoms with Crippen molar-refractivity contribution in [2.24, 2.45) is 0 Å². The van der Waals surface area contributed by atoms with E-state index in [-0.39, 0.29) is 11.4 Å². The summed E-state index contributed by atoms with van der Waals surface area (Å²) in [4.78, 5) is 17.0. The van der Waals surface area contributed by atoms with E-state index < -0.39 is 10.0 Å². The number of benzene rings is 1. The molecule has 2 heterocycles. The van der Waals surface area contributed by atoms with Crippen molar-refractivity contribution in [2.75, 3.05) is 45.5 Å². The Kier molecular flexibility index (Phi) is 5.93. The highest BCUT2D eigenvalue weighted by atomic mass is 32.2. The molecule has 1 atom stereocenters. The Hall–Kier alpha value is -1.44. The lowest BCUT2D eigenvalue weighted by molar-refractivity contribution is -0.133. The third-order valence-electron chi connectivity index (χ3n) is 6.17. The van der Waals surface area contributed by atoms with E-state index >= 15 is 0 Å².